The van der Waals surface area contributed by atoms with Gasteiger partial charge in [0.2, 0.25) is 5.91 Å². The number of carbonyl (C=O) groups excluding carboxylic acids is 1. The molecule has 0 aliphatic heterocycles. The summed E-state index contributed by atoms with van der Waals surface area (Å²) in [5.41, 5.74) is 4.54. The van der Waals surface area contributed by atoms with Crippen LogP contribution in [0.5, 0.6) is 0 Å². The van der Waals surface area contributed by atoms with Gasteiger partial charge in [-0.3, -0.25) is 9.59 Å². The van der Waals surface area contributed by atoms with E-state index in [1.807, 2.05) is 0 Å². The van der Waals surface area contributed by atoms with Crippen LogP contribution >= 0.6 is 12.6 Å². The largest absolute Gasteiger partial charge is 0.480 e. The van der Waals surface area contributed by atoms with Crippen molar-refractivity contribution in [2.24, 2.45) is 5.73 Å². The fourth-order valence-corrected chi connectivity index (χ4v) is 0.122. The lowest BCUT2D eigenvalue weighted by Crippen LogP contribution is -2.30. The monoisotopic (exact) mass is 135 g/mol. The van der Waals surface area contributed by atoms with Crippen LogP contribution in [0.4, 0.5) is 0 Å². The Morgan fingerprint density at radius 1 is 1.62 bits per heavy atom. The number of hydrogen-bond donors (Lipinski definition) is 3. The van der Waals surface area contributed by atoms with Crippen LogP contribution in [0.3, 0.4) is 0 Å². The number of carbonyl (C=O) groups is 2. The minimum Gasteiger partial charge on any atom is -0.480 e. The van der Waals surface area contributed by atoms with Crippen molar-refractivity contribution in [3.63, 3.8) is 0 Å². The van der Waals surface area contributed by atoms with E-state index in [0.717, 1.165) is 0 Å². The molecular formula is C3H5NO3S. The van der Waals surface area contributed by atoms with Crippen LogP contribution in [0, 0.1) is 0 Å². The Hall–Kier alpha value is -0.710. The molecule has 0 rings (SSSR count). The van der Waals surface area contributed by atoms with E-state index in [1.165, 1.54) is 0 Å². The van der Waals surface area contributed by atoms with Crippen molar-refractivity contribution in [1.29, 1.82) is 0 Å². The maximum Gasteiger partial charge on any atom is 0.326 e. The molecule has 0 spiro atoms. The second-order valence-electron chi connectivity index (χ2n) is 1.14. The highest BCUT2D eigenvalue weighted by Crippen LogP contribution is 1.90. The maximum absolute atomic E-state index is 9.91. The number of aliphatic carboxylic acids is 1. The highest BCUT2D eigenvalue weighted by atomic mass is 32.1. The summed E-state index contributed by atoms with van der Waals surface area (Å²) in [7, 11) is 0. The summed E-state index contributed by atoms with van der Waals surface area (Å²) in [6.07, 6.45) is 0. The average molecular weight is 135 g/mol. The number of primary amides is 1. The molecule has 46 valence electrons. The zero-order valence-corrected chi connectivity index (χ0v) is 4.76. The number of carboxylic acid groups (broad SMARTS) is 1. The van der Waals surface area contributed by atoms with Gasteiger partial charge in [0.05, 0.1) is 0 Å². The third-order valence-corrected chi connectivity index (χ3v) is 0.979. The lowest BCUT2D eigenvalue weighted by Gasteiger charge is -1.95. The van der Waals surface area contributed by atoms with Crippen LogP contribution in [-0.4, -0.2) is 22.2 Å². The Morgan fingerprint density at radius 3 is 2.00 bits per heavy atom. The Bertz CT molecular complexity index is 110. The lowest BCUT2D eigenvalue weighted by molar-refractivity contribution is -0.139. The first-order valence-electron chi connectivity index (χ1n) is 1.76. The Balaban J connectivity index is 3.83. The smallest absolute Gasteiger partial charge is 0.326 e. The summed E-state index contributed by atoms with van der Waals surface area (Å²) < 4.78 is 0. The first kappa shape index (κ1) is 7.29. The molecule has 0 aromatic rings. The van der Waals surface area contributed by atoms with E-state index in [1.54, 1.807) is 0 Å². The van der Waals surface area contributed by atoms with E-state index in [2.05, 4.69) is 18.4 Å². The number of carboxylic acids is 1. The van der Waals surface area contributed by atoms with E-state index in [9.17, 15) is 9.59 Å². The summed E-state index contributed by atoms with van der Waals surface area (Å²) in [5, 5.41) is 6.60. The summed E-state index contributed by atoms with van der Waals surface area (Å²) in [4.78, 5) is 19.7. The van der Waals surface area contributed by atoms with E-state index in [0.29, 0.717) is 0 Å². The predicted octanol–water partition coefficient (Wildman–Crippen LogP) is -1.15. The lowest BCUT2D eigenvalue weighted by atomic mass is 10.4. The molecule has 0 aliphatic carbocycles. The van der Waals surface area contributed by atoms with Gasteiger partial charge in [0.1, 0.15) is 0 Å². The van der Waals surface area contributed by atoms with Gasteiger partial charge in [0.25, 0.3) is 0 Å². The van der Waals surface area contributed by atoms with E-state index in [4.69, 9.17) is 5.11 Å². The Labute approximate surface area is 51.1 Å². The van der Waals surface area contributed by atoms with E-state index in [-0.39, 0.29) is 0 Å². The van der Waals surface area contributed by atoms with Gasteiger partial charge in [0, 0.05) is 0 Å². The van der Waals surface area contributed by atoms with Gasteiger partial charge in [-0.1, -0.05) is 0 Å². The SMILES string of the molecule is NC(=O)C(S)C(=O)O. The molecule has 0 bridgehead atoms. The zero-order chi connectivity index (χ0) is 6.73. The Morgan fingerprint density at radius 2 is 2.00 bits per heavy atom. The third kappa shape index (κ3) is 1.83. The van der Waals surface area contributed by atoms with Crippen LogP contribution in [-0.2, 0) is 9.59 Å². The highest BCUT2D eigenvalue weighted by molar-refractivity contribution is 7.82. The summed E-state index contributed by atoms with van der Waals surface area (Å²) in [6, 6.07) is 0. The second-order valence-corrected chi connectivity index (χ2v) is 1.66. The molecule has 1 amide bonds. The average Bonchev–Trinajstić information content (AvgIpc) is 1.64. The predicted molar refractivity (Wildman–Crippen MR) is 29.6 cm³/mol. The molecule has 0 aromatic heterocycles. The zero-order valence-electron chi connectivity index (χ0n) is 3.87. The molecular weight excluding hydrogens is 130 g/mol. The van der Waals surface area contributed by atoms with Crippen molar-refractivity contribution in [2.45, 2.75) is 5.25 Å². The van der Waals surface area contributed by atoms with E-state index >= 15 is 0 Å². The van der Waals surface area contributed by atoms with Crippen molar-refractivity contribution in [2.75, 3.05) is 0 Å². The molecule has 0 aromatic carbocycles. The minimum atomic E-state index is -1.38. The van der Waals surface area contributed by atoms with Crippen LogP contribution in [0.25, 0.3) is 0 Å². The summed E-state index contributed by atoms with van der Waals surface area (Å²) in [6.45, 7) is 0. The van der Waals surface area contributed by atoms with Gasteiger partial charge in [0.15, 0.2) is 5.25 Å². The van der Waals surface area contributed by atoms with Gasteiger partial charge >= 0.3 is 5.97 Å². The molecule has 0 saturated heterocycles. The van der Waals surface area contributed by atoms with Crippen molar-refractivity contribution in [3.05, 3.63) is 0 Å². The number of hydrogen-bond acceptors (Lipinski definition) is 3. The van der Waals surface area contributed by atoms with E-state index < -0.39 is 17.1 Å². The topological polar surface area (TPSA) is 80.4 Å². The van der Waals surface area contributed by atoms with Gasteiger partial charge in [-0.25, -0.2) is 0 Å². The van der Waals surface area contributed by atoms with Gasteiger partial charge < -0.3 is 10.8 Å². The number of amides is 1. The minimum absolute atomic E-state index is 0.944. The number of nitrogens with two attached hydrogens (primary N) is 1. The van der Waals surface area contributed by atoms with Gasteiger partial charge in [-0.15, -0.1) is 0 Å². The molecule has 1 unspecified atom stereocenters. The first-order valence-corrected chi connectivity index (χ1v) is 2.27. The molecule has 8 heavy (non-hydrogen) atoms. The standard InChI is InChI=1S/C3H5NO3S/c4-2(5)1(8)3(6)7/h1,8H,(H2,4,5)(H,6,7). The summed E-state index contributed by atoms with van der Waals surface area (Å²) in [5.74, 6) is -2.26. The molecule has 1 atom stereocenters. The quantitative estimate of drug-likeness (QED) is 0.330. The fourth-order valence-electron chi connectivity index (χ4n) is 0.122. The second kappa shape index (κ2) is 2.56. The first-order chi connectivity index (χ1) is 3.55. The van der Waals surface area contributed by atoms with Crippen LogP contribution in [0.2, 0.25) is 0 Å². The fraction of sp³-hybridized carbons (Fsp3) is 0.333. The Kier molecular flexibility index (Phi) is 2.33. The molecule has 0 aliphatic rings. The normalized spacial score (nSPS) is 12.6. The molecule has 0 saturated carbocycles. The summed E-state index contributed by atoms with van der Waals surface area (Å²) >= 11 is 3.35. The van der Waals surface area contributed by atoms with Gasteiger partial charge in [-0.2, -0.15) is 12.6 Å². The number of rotatable bonds is 2. The highest BCUT2D eigenvalue weighted by Gasteiger charge is 2.17. The molecule has 4 nitrogen and oxygen atoms in total. The van der Waals surface area contributed by atoms with Gasteiger partial charge in [-0.05, 0) is 0 Å². The molecule has 5 heteroatoms. The van der Waals surface area contributed by atoms with Crippen molar-refractivity contribution >= 4 is 24.5 Å². The molecule has 0 heterocycles. The molecule has 3 N–H and O–H groups in total. The van der Waals surface area contributed by atoms with Crippen LogP contribution < -0.4 is 5.73 Å². The van der Waals surface area contributed by atoms with Crippen LogP contribution in [0.1, 0.15) is 0 Å². The molecule has 0 radical (unpaired) electrons. The van der Waals surface area contributed by atoms with Crippen molar-refractivity contribution in [1.82, 2.24) is 0 Å². The molecule has 0 fully saturated rings. The third-order valence-electron chi connectivity index (χ3n) is 0.503. The van der Waals surface area contributed by atoms with Crippen molar-refractivity contribution < 1.29 is 14.7 Å². The number of thiol groups is 1. The van der Waals surface area contributed by atoms with Crippen LogP contribution in [0.15, 0.2) is 0 Å². The van der Waals surface area contributed by atoms with Crippen molar-refractivity contribution in [3.8, 4) is 0 Å². The maximum atomic E-state index is 9.91.